The van der Waals surface area contributed by atoms with Gasteiger partial charge in [-0.2, -0.15) is 0 Å². The van der Waals surface area contributed by atoms with E-state index in [0.717, 1.165) is 4.90 Å². The molecule has 5 heteroatoms. The van der Waals surface area contributed by atoms with Crippen LogP contribution in [-0.4, -0.2) is 17.7 Å². The molecule has 0 spiro atoms. The lowest BCUT2D eigenvalue weighted by Crippen LogP contribution is -2.26. The Kier molecular flexibility index (Phi) is 5.48. The predicted octanol–water partition coefficient (Wildman–Crippen LogP) is 1.58. The molecule has 2 rings (SSSR count). The standard InChI is InChI=1S/C10H8S.C2H6N2O2/c11-10-6-5-8-3-1-2-4-9(8)7-10;3-1-2(5)4-6/h1-7,11H;6H,1,3H2,(H,4,5). The second-order valence-corrected chi connectivity index (χ2v) is 3.79. The van der Waals surface area contributed by atoms with Crippen molar-refractivity contribution in [2.75, 3.05) is 6.54 Å². The Balaban J connectivity index is 0.000000209. The van der Waals surface area contributed by atoms with Crippen LogP contribution in [0.15, 0.2) is 47.4 Å². The van der Waals surface area contributed by atoms with Gasteiger partial charge in [0.1, 0.15) is 0 Å². The van der Waals surface area contributed by atoms with E-state index in [0.29, 0.717) is 0 Å². The minimum Gasteiger partial charge on any atom is -0.322 e. The van der Waals surface area contributed by atoms with Gasteiger partial charge in [-0.1, -0.05) is 30.3 Å². The van der Waals surface area contributed by atoms with E-state index in [1.54, 1.807) is 0 Å². The Hall–Kier alpha value is -1.56. The maximum atomic E-state index is 9.69. The van der Waals surface area contributed by atoms with Gasteiger partial charge in [0.2, 0.25) is 0 Å². The molecular weight excluding hydrogens is 236 g/mol. The summed E-state index contributed by atoms with van der Waals surface area (Å²) in [5.74, 6) is -0.574. The number of rotatable bonds is 1. The summed E-state index contributed by atoms with van der Waals surface area (Å²) in [6.07, 6.45) is 0. The molecule has 2 aromatic carbocycles. The monoisotopic (exact) mass is 250 g/mol. The van der Waals surface area contributed by atoms with Crippen molar-refractivity contribution in [1.82, 2.24) is 5.48 Å². The first-order valence-electron chi connectivity index (χ1n) is 4.98. The minimum atomic E-state index is -0.574. The molecule has 0 unspecified atom stereocenters. The van der Waals surface area contributed by atoms with Gasteiger partial charge >= 0.3 is 0 Å². The molecule has 0 bridgehead atoms. The summed E-state index contributed by atoms with van der Waals surface area (Å²) < 4.78 is 0. The van der Waals surface area contributed by atoms with Crippen molar-refractivity contribution in [1.29, 1.82) is 0 Å². The third-order valence-corrected chi connectivity index (χ3v) is 2.32. The quantitative estimate of drug-likeness (QED) is 0.352. The van der Waals surface area contributed by atoms with E-state index in [1.165, 1.54) is 16.3 Å². The first-order chi connectivity index (χ1) is 8.17. The lowest BCUT2D eigenvalue weighted by molar-refractivity contribution is -0.127. The number of hydroxylamine groups is 1. The highest BCUT2D eigenvalue weighted by Gasteiger charge is 1.90. The van der Waals surface area contributed by atoms with Gasteiger partial charge in [-0.3, -0.25) is 10.0 Å². The summed E-state index contributed by atoms with van der Waals surface area (Å²) in [6.45, 7) is -0.170. The Bertz CT molecular complexity index is 497. The van der Waals surface area contributed by atoms with Crippen LogP contribution in [0.3, 0.4) is 0 Å². The van der Waals surface area contributed by atoms with Crippen molar-refractivity contribution in [2.24, 2.45) is 5.73 Å². The summed E-state index contributed by atoms with van der Waals surface area (Å²) >= 11 is 4.26. The van der Waals surface area contributed by atoms with Gasteiger partial charge < -0.3 is 5.73 Å². The number of hydrogen-bond donors (Lipinski definition) is 4. The molecule has 0 heterocycles. The van der Waals surface area contributed by atoms with Crippen molar-refractivity contribution < 1.29 is 10.0 Å². The number of benzene rings is 2. The molecular formula is C12H14N2O2S. The van der Waals surface area contributed by atoms with Gasteiger partial charge in [-0.15, -0.1) is 12.6 Å². The Labute approximate surface area is 105 Å². The van der Waals surface area contributed by atoms with Crippen molar-refractivity contribution in [2.45, 2.75) is 4.90 Å². The van der Waals surface area contributed by atoms with Gasteiger partial charge in [0, 0.05) is 4.90 Å². The smallest absolute Gasteiger partial charge is 0.257 e. The summed E-state index contributed by atoms with van der Waals surface area (Å²) in [7, 11) is 0. The topological polar surface area (TPSA) is 75.4 Å². The fourth-order valence-corrected chi connectivity index (χ4v) is 1.44. The van der Waals surface area contributed by atoms with E-state index in [1.807, 2.05) is 18.2 Å². The second-order valence-electron chi connectivity index (χ2n) is 3.27. The number of nitrogens with one attached hydrogen (secondary N) is 1. The third-order valence-electron chi connectivity index (χ3n) is 2.04. The fourth-order valence-electron chi connectivity index (χ4n) is 1.22. The average molecular weight is 250 g/mol. The minimum absolute atomic E-state index is 0.170. The lowest BCUT2D eigenvalue weighted by Gasteiger charge is -1.96. The van der Waals surface area contributed by atoms with Crippen LogP contribution in [-0.2, 0) is 4.79 Å². The van der Waals surface area contributed by atoms with E-state index < -0.39 is 5.91 Å². The van der Waals surface area contributed by atoms with Crippen molar-refractivity contribution >= 4 is 29.3 Å². The highest BCUT2D eigenvalue weighted by Crippen LogP contribution is 2.17. The number of amides is 1. The Morgan fingerprint density at radius 1 is 1.24 bits per heavy atom. The molecule has 0 radical (unpaired) electrons. The Morgan fingerprint density at radius 3 is 2.41 bits per heavy atom. The molecule has 0 aliphatic heterocycles. The molecule has 0 aliphatic rings. The van der Waals surface area contributed by atoms with Crippen LogP contribution in [0.4, 0.5) is 0 Å². The summed E-state index contributed by atoms with van der Waals surface area (Å²) in [4.78, 5) is 10.7. The zero-order valence-corrected chi connectivity index (χ0v) is 10.0. The average Bonchev–Trinajstić information content (AvgIpc) is 2.38. The van der Waals surface area contributed by atoms with Crippen LogP contribution in [0.5, 0.6) is 0 Å². The lowest BCUT2D eigenvalue weighted by atomic mass is 10.1. The molecule has 0 atom stereocenters. The number of hydrogen-bond acceptors (Lipinski definition) is 4. The van der Waals surface area contributed by atoms with Gasteiger partial charge in [-0.25, -0.2) is 5.48 Å². The molecule has 0 fully saturated rings. The summed E-state index contributed by atoms with van der Waals surface area (Å²) in [6, 6.07) is 14.4. The zero-order valence-electron chi connectivity index (χ0n) is 9.13. The van der Waals surface area contributed by atoms with Gasteiger partial charge in [-0.05, 0) is 22.9 Å². The number of nitrogens with two attached hydrogens (primary N) is 1. The normalized spacial score (nSPS) is 9.35. The van der Waals surface area contributed by atoms with Crippen molar-refractivity contribution in [3.63, 3.8) is 0 Å². The first kappa shape index (κ1) is 13.5. The first-order valence-corrected chi connectivity index (χ1v) is 5.43. The molecule has 0 saturated heterocycles. The van der Waals surface area contributed by atoms with Gasteiger partial charge in [0.15, 0.2) is 0 Å². The largest absolute Gasteiger partial charge is 0.322 e. The van der Waals surface area contributed by atoms with E-state index in [9.17, 15) is 4.79 Å². The van der Waals surface area contributed by atoms with Crippen molar-refractivity contribution in [3.8, 4) is 0 Å². The van der Waals surface area contributed by atoms with Gasteiger partial charge in [0.25, 0.3) is 5.91 Å². The summed E-state index contributed by atoms with van der Waals surface area (Å²) in [5, 5.41) is 10.2. The molecule has 0 saturated carbocycles. The van der Waals surface area contributed by atoms with E-state index >= 15 is 0 Å². The molecule has 1 amide bonds. The number of thiol groups is 1. The van der Waals surface area contributed by atoms with E-state index in [-0.39, 0.29) is 6.54 Å². The maximum absolute atomic E-state index is 9.69. The fraction of sp³-hybridized carbons (Fsp3) is 0.0833. The molecule has 0 aliphatic carbocycles. The second kappa shape index (κ2) is 6.90. The van der Waals surface area contributed by atoms with Crippen LogP contribution in [0.25, 0.3) is 10.8 Å². The third kappa shape index (κ3) is 4.44. The van der Waals surface area contributed by atoms with Crippen LogP contribution in [0, 0.1) is 0 Å². The Morgan fingerprint density at radius 2 is 1.88 bits per heavy atom. The van der Waals surface area contributed by atoms with Gasteiger partial charge in [0.05, 0.1) is 6.54 Å². The molecule has 4 nitrogen and oxygen atoms in total. The molecule has 17 heavy (non-hydrogen) atoms. The van der Waals surface area contributed by atoms with E-state index in [2.05, 4.69) is 36.9 Å². The highest BCUT2D eigenvalue weighted by molar-refractivity contribution is 7.80. The van der Waals surface area contributed by atoms with Crippen LogP contribution >= 0.6 is 12.6 Å². The number of fused-ring (bicyclic) bond motifs is 1. The van der Waals surface area contributed by atoms with Crippen LogP contribution in [0.1, 0.15) is 0 Å². The number of carbonyl (C=O) groups is 1. The van der Waals surface area contributed by atoms with Crippen LogP contribution < -0.4 is 11.2 Å². The SMILES string of the molecule is NCC(=O)NO.Sc1ccc2ccccc2c1. The maximum Gasteiger partial charge on any atom is 0.257 e. The highest BCUT2D eigenvalue weighted by atomic mass is 32.1. The van der Waals surface area contributed by atoms with Crippen molar-refractivity contribution in [3.05, 3.63) is 42.5 Å². The number of carbonyl (C=O) groups excluding carboxylic acids is 1. The van der Waals surface area contributed by atoms with E-state index in [4.69, 9.17) is 10.9 Å². The predicted molar refractivity (Wildman–Crippen MR) is 70.2 cm³/mol. The molecule has 90 valence electrons. The zero-order chi connectivity index (χ0) is 12.7. The molecule has 4 N–H and O–H groups in total. The molecule has 2 aromatic rings. The van der Waals surface area contributed by atoms with Crippen LogP contribution in [0.2, 0.25) is 0 Å². The summed E-state index contributed by atoms with van der Waals surface area (Å²) in [5.41, 5.74) is 6.06. The molecule has 0 aromatic heterocycles.